The number of benzene rings is 1. The van der Waals surface area contributed by atoms with Crippen molar-refractivity contribution in [3.63, 3.8) is 0 Å². The van der Waals surface area contributed by atoms with Crippen LogP contribution in [0.5, 0.6) is 0 Å². The Bertz CT molecular complexity index is 603. The molecule has 1 atom stereocenters. The maximum Gasteiger partial charge on any atom is 0.0609 e. The summed E-state index contributed by atoms with van der Waals surface area (Å²) in [6.45, 7) is 5.18. The molecule has 3 heteroatoms. The lowest BCUT2D eigenvalue weighted by molar-refractivity contribution is 0.0573. The molecule has 0 bridgehead atoms. The molecule has 2 heterocycles. The lowest BCUT2D eigenvalue weighted by atomic mass is 9.88. The van der Waals surface area contributed by atoms with E-state index in [-0.39, 0.29) is 6.10 Å². The number of aryl methyl sites for hydroxylation is 1. The zero-order chi connectivity index (χ0) is 16.8. The van der Waals surface area contributed by atoms with Gasteiger partial charge in [-0.1, -0.05) is 43.3 Å². The van der Waals surface area contributed by atoms with Crippen LogP contribution in [0.15, 0.2) is 48.7 Å². The third-order valence-corrected chi connectivity index (χ3v) is 5.14. The number of aromatic nitrogens is 1. The molecule has 128 valence electrons. The minimum atomic E-state index is -0.225. The van der Waals surface area contributed by atoms with E-state index in [1.54, 1.807) is 0 Å². The van der Waals surface area contributed by atoms with E-state index in [2.05, 4.69) is 41.1 Å². The van der Waals surface area contributed by atoms with Gasteiger partial charge in [0.25, 0.3) is 0 Å². The number of likely N-dealkylation sites (tertiary alicyclic amines) is 1. The molecular weight excluding hydrogens is 296 g/mol. The van der Waals surface area contributed by atoms with Crippen molar-refractivity contribution >= 4 is 0 Å². The van der Waals surface area contributed by atoms with Crippen molar-refractivity contribution in [2.45, 2.75) is 45.3 Å². The Hall–Kier alpha value is -1.71. The number of piperidine rings is 1. The molecule has 3 nitrogen and oxygen atoms in total. The molecule has 1 aliphatic heterocycles. The second-order valence-corrected chi connectivity index (χ2v) is 6.88. The maximum absolute atomic E-state index is 10.5. The van der Waals surface area contributed by atoms with E-state index in [9.17, 15) is 5.11 Å². The van der Waals surface area contributed by atoms with E-state index in [1.165, 1.54) is 11.1 Å². The Morgan fingerprint density at radius 3 is 2.46 bits per heavy atom. The van der Waals surface area contributed by atoms with Gasteiger partial charge < -0.3 is 5.11 Å². The van der Waals surface area contributed by atoms with Crippen LogP contribution in [0.3, 0.4) is 0 Å². The van der Waals surface area contributed by atoms with E-state index in [0.717, 1.165) is 51.0 Å². The smallest absolute Gasteiger partial charge is 0.0609 e. The van der Waals surface area contributed by atoms with E-state index in [1.807, 2.05) is 24.4 Å². The van der Waals surface area contributed by atoms with Gasteiger partial charge in [-0.05, 0) is 61.9 Å². The normalized spacial score (nSPS) is 17.8. The molecule has 24 heavy (non-hydrogen) atoms. The van der Waals surface area contributed by atoms with Gasteiger partial charge in [0.05, 0.1) is 11.8 Å². The van der Waals surface area contributed by atoms with Crippen LogP contribution in [0.4, 0.5) is 0 Å². The second kappa shape index (κ2) is 8.41. The van der Waals surface area contributed by atoms with E-state index >= 15 is 0 Å². The van der Waals surface area contributed by atoms with Gasteiger partial charge in [0, 0.05) is 12.7 Å². The first-order valence-corrected chi connectivity index (χ1v) is 9.12. The first-order chi connectivity index (χ1) is 11.7. The van der Waals surface area contributed by atoms with Crippen molar-refractivity contribution in [3.8, 4) is 0 Å². The molecule has 0 spiro atoms. The molecule has 1 fully saturated rings. The molecule has 0 amide bonds. The molecule has 1 saturated heterocycles. The van der Waals surface area contributed by atoms with Crippen molar-refractivity contribution in [1.29, 1.82) is 0 Å². The summed E-state index contributed by atoms with van der Waals surface area (Å²) < 4.78 is 0. The van der Waals surface area contributed by atoms with Crippen LogP contribution in [0.25, 0.3) is 0 Å². The van der Waals surface area contributed by atoms with Crippen molar-refractivity contribution in [3.05, 3.63) is 65.5 Å². The molecule has 0 radical (unpaired) electrons. The lowest BCUT2D eigenvalue weighted by Gasteiger charge is -2.34. The number of pyridine rings is 1. The average Bonchev–Trinajstić information content (AvgIpc) is 2.64. The number of nitrogens with zero attached hydrogens (tertiary/aromatic N) is 2. The lowest BCUT2D eigenvalue weighted by Crippen LogP contribution is -2.38. The van der Waals surface area contributed by atoms with Gasteiger partial charge >= 0.3 is 0 Å². The van der Waals surface area contributed by atoms with Gasteiger partial charge in [-0.2, -0.15) is 0 Å². The van der Waals surface area contributed by atoms with Gasteiger partial charge in [0.1, 0.15) is 0 Å². The summed E-state index contributed by atoms with van der Waals surface area (Å²) in [6, 6.07) is 14.6. The Labute approximate surface area is 145 Å². The molecule has 1 N–H and O–H groups in total. The number of hydrogen-bond acceptors (Lipinski definition) is 3. The summed E-state index contributed by atoms with van der Waals surface area (Å²) in [5.74, 6) is 0.414. The predicted octanol–water partition coefficient (Wildman–Crippen LogP) is 3.46. The van der Waals surface area contributed by atoms with Crippen LogP contribution >= 0.6 is 0 Å². The minimum Gasteiger partial charge on any atom is -0.392 e. The molecule has 1 aliphatic rings. The van der Waals surface area contributed by atoms with Crippen LogP contribution in [0.1, 0.15) is 36.6 Å². The standard InChI is InChI=1S/C21H28N2O/c1-2-17-8-9-20(22-15-17)16-23-12-10-19(11-13-23)21(24)14-18-6-4-3-5-7-18/h3-9,15,19,21,24H,2,10-14,16H2,1H3/t21-/m0/s1. The Morgan fingerprint density at radius 1 is 1.08 bits per heavy atom. The zero-order valence-electron chi connectivity index (χ0n) is 14.6. The molecular formula is C21H28N2O. The summed E-state index contributed by atoms with van der Waals surface area (Å²) in [6.07, 6.45) is 5.72. The summed E-state index contributed by atoms with van der Waals surface area (Å²) in [4.78, 5) is 7.02. The fourth-order valence-corrected chi connectivity index (χ4v) is 3.50. The number of rotatable bonds is 6. The highest BCUT2D eigenvalue weighted by molar-refractivity contribution is 5.16. The largest absolute Gasteiger partial charge is 0.392 e. The highest BCUT2D eigenvalue weighted by Gasteiger charge is 2.25. The SMILES string of the molecule is CCc1ccc(CN2CCC([C@@H](O)Cc3ccccc3)CC2)nc1. The van der Waals surface area contributed by atoms with Crippen molar-refractivity contribution in [1.82, 2.24) is 9.88 Å². The van der Waals surface area contributed by atoms with E-state index < -0.39 is 0 Å². The molecule has 0 aliphatic carbocycles. The third-order valence-electron chi connectivity index (χ3n) is 5.14. The van der Waals surface area contributed by atoms with Gasteiger partial charge in [-0.25, -0.2) is 0 Å². The van der Waals surface area contributed by atoms with Crippen molar-refractivity contribution in [2.24, 2.45) is 5.92 Å². The average molecular weight is 324 g/mol. The van der Waals surface area contributed by atoms with Crippen LogP contribution in [0, 0.1) is 5.92 Å². The molecule has 2 aromatic rings. The second-order valence-electron chi connectivity index (χ2n) is 6.88. The van der Waals surface area contributed by atoms with Crippen molar-refractivity contribution in [2.75, 3.05) is 13.1 Å². The van der Waals surface area contributed by atoms with Crippen LogP contribution < -0.4 is 0 Å². The molecule has 0 unspecified atom stereocenters. The molecule has 3 rings (SSSR count). The highest BCUT2D eigenvalue weighted by atomic mass is 16.3. The van der Waals surface area contributed by atoms with Gasteiger partial charge in [-0.3, -0.25) is 9.88 Å². The maximum atomic E-state index is 10.5. The van der Waals surface area contributed by atoms with Crippen LogP contribution in [-0.4, -0.2) is 34.2 Å². The zero-order valence-corrected chi connectivity index (χ0v) is 14.6. The molecule has 1 aromatic carbocycles. The van der Waals surface area contributed by atoms with E-state index in [4.69, 9.17) is 0 Å². The Kier molecular flexibility index (Phi) is 6.00. The molecule has 1 aromatic heterocycles. The topological polar surface area (TPSA) is 36.4 Å². The minimum absolute atomic E-state index is 0.225. The van der Waals surface area contributed by atoms with Gasteiger partial charge in [0.15, 0.2) is 0 Å². The van der Waals surface area contributed by atoms with Crippen molar-refractivity contribution < 1.29 is 5.11 Å². The fraction of sp³-hybridized carbons (Fsp3) is 0.476. The summed E-state index contributed by atoms with van der Waals surface area (Å²) in [5, 5.41) is 10.5. The van der Waals surface area contributed by atoms with E-state index in [0.29, 0.717) is 5.92 Å². The predicted molar refractivity (Wildman–Crippen MR) is 97.8 cm³/mol. The number of hydrogen-bond donors (Lipinski definition) is 1. The monoisotopic (exact) mass is 324 g/mol. The highest BCUT2D eigenvalue weighted by Crippen LogP contribution is 2.24. The Morgan fingerprint density at radius 2 is 1.83 bits per heavy atom. The van der Waals surface area contributed by atoms with Crippen LogP contribution in [-0.2, 0) is 19.4 Å². The fourth-order valence-electron chi connectivity index (χ4n) is 3.50. The first-order valence-electron chi connectivity index (χ1n) is 9.12. The summed E-state index contributed by atoms with van der Waals surface area (Å²) in [5.41, 5.74) is 3.67. The Balaban J connectivity index is 1.46. The summed E-state index contributed by atoms with van der Waals surface area (Å²) >= 11 is 0. The van der Waals surface area contributed by atoms with Gasteiger partial charge in [-0.15, -0.1) is 0 Å². The first kappa shape index (κ1) is 17.1. The van der Waals surface area contributed by atoms with Crippen LogP contribution in [0.2, 0.25) is 0 Å². The third kappa shape index (κ3) is 4.65. The van der Waals surface area contributed by atoms with Gasteiger partial charge in [0.2, 0.25) is 0 Å². The quantitative estimate of drug-likeness (QED) is 0.884. The number of aliphatic hydroxyl groups excluding tert-OH is 1. The summed E-state index contributed by atoms with van der Waals surface area (Å²) in [7, 11) is 0. The number of aliphatic hydroxyl groups is 1. The molecule has 0 saturated carbocycles.